The monoisotopic (exact) mass is 491 g/mol. The van der Waals surface area contributed by atoms with Crippen LogP contribution in [0.4, 0.5) is 10.8 Å². The molecule has 1 aromatic heterocycles. The van der Waals surface area contributed by atoms with Gasteiger partial charge in [-0.1, -0.05) is 64.4 Å². The van der Waals surface area contributed by atoms with Gasteiger partial charge in [-0.3, -0.25) is 14.8 Å². The molecule has 0 fully saturated rings. The summed E-state index contributed by atoms with van der Waals surface area (Å²) in [5.41, 5.74) is 1.78. The van der Waals surface area contributed by atoms with Crippen molar-refractivity contribution in [1.82, 2.24) is 4.98 Å². The van der Waals surface area contributed by atoms with Crippen molar-refractivity contribution in [2.75, 3.05) is 10.0 Å². The van der Waals surface area contributed by atoms with E-state index in [1.807, 2.05) is 6.92 Å². The lowest BCUT2D eigenvalue weighted by atomic mass is 10.2. The van der Waals surface area contributed by atoms with Crippen LogP contribution in [0.25, 0.3) is 10.2 Å². The van der Waals surface area contributed by atoms with Gasteiger partial charge in [0.1, 0.15) is 5.52 Å². The Bertz CT molecular complexity index is 1400. The number of nitrogens with zero attached hydrogens (tertiary/aromatic N) is 1. The zero-order chi connectivity index (χ0) is 22.2. The van der Waals surface area contributed by atoms with Gasteiger partial charge in [-0.15, -0.1) is 0 Å². The molecule has 2 N–H and O–H groups in total. The average molecular weight is 492 g/mol. The quantitative estimate of drug-likeness (QED) is 0.360. The summed E-state index contributed by atoms with van der Waals surface area (Å²) in [6.07, 6.45) is 0. The summed E-state index contributed by atoms with van der Waals surface area (Å²) in [7, 11) is -3.86. The molecular weight excluding hydrogens is 477 g/mol. The molecule has 158 valence electrons. The fourth-order valence-corrected chi connectivity index (χ4v) is 5.53. The number of benzene rings is 3. The molecule has 6 nitrogen and oxygen atoms in total. The Morgan fingerprint density at radius 2 is 1.74 bits per heavy atom. The van der Waals surface area contributed by atoms with E-state index < -0.39 is 15.9 Å². The van der Waals surface area contributed by atoms with Gasteiger partial charge in [-0.25, -0.2) is 13.4 Å². The van der Waals surface area contributed by atoms with Gasteiger partial charge < -0.3 is 0 Å². The van der Waals surface area contributed by atoms with Crippen molar-refractivity contribution in [3.8, 4) is 0 Å². The Balaban J connectivity index is 1.61. The predicted molar refractivity (Wildman–Crippen MR) is 126 cm³/mol. The topological polar surface area (TPSA) is 88.2 Å². The summed E-state index contributed by atoms with van der Waals surface area (Å²) < 4.78 is 28.7. The fourth-order valence-electron chi connectivity index (χ4n) is 2.87. The summed E-state index contributed by atoms with van der Waals surface area (Å²) in [4.78, 5) is 17.3. The molecule has 0 radical (unpaired) electrons. The molecular formula is C21H15Cl2N3O3S2. The lowest BCUT2D eigenvalue weighted by Gasteiger charge is -2.12. The number of hydrogen-bond acceptors (Lipinski definition) is 5. The number of aryl methyl sites for hydroxylation is 1. The first-order valence-corrected chi connectivity index (χ1v) is 12.0. The molecule has 1 amide bonds. The van der Waals surface area contributed by atoms with Gasteiger partial charge in [0.05, 0.1) is 25.9 Å². The van der Waals surface area contributed by atoms with E-state index in [2.05, 4.69) is 15.0 Å². The van der Waals surface area contributed by atoms with E-state index in [0.29, 0.717) is 20.7 Å². The molecule has 4 rings (SSSR count). The van der Waals surface area contributed by atoms with E-state index in [9.17, 15) is 13.2 Å². The van der Waals surface area contributed by atoms with Gasteiger partial charge >= 0.3 is 0 Å². The van der Waals surface area contributed by atoms with Crippen LogP contribution >= 0.6 is 34.5 Å². The van der Waals surface area contributed by atoms with Crippen LogP contribution < -0.4 is 10.0 Å². The van der Waals surface area contributed by atoms with E-state index in [1.165, 1.54) is 35.6 Å². The number of carbonyl (C=O) groups is 1. The molecule has 0 aliphatic rings. The predicted octanol–water partition coefficient (Wildman–Crippen LogP) is 5.96. The number of halogens is 2. The van der Waals surface area contributed by atoms with Crippen LogP contribution in [0, 0.1) is 6.92 Å². The first kappa shape index (κ1) is 21.6. The van der Waals surface area contributed by atoms with Gasteiger partial charge in [-0.05, 0) is 43.3 Å². The highest BCUT2D eigenvalue weighted by Crippen LogP contribution is 2.34. The Kier molecular flexibility index (Phi) is 5.90. The number of nitrogens with one attached hydrogen (secondary N) is 2. The number of anilines is 2. The van der Waals surface area contributed by atoms with Crippen molar-refractivity contribution in [2.45, 2.75) is 11.8 Å². The second-order valence-corrected chi connectivity index (χ2v) is 10.2. The highest BCUT2D eigenvalue weighted by atomic mass is 35.5. The molecule has 4 aromatic rings. The minimum atomic E-state index is -3.86. The number of hydrogen-bond donors (Lipinski definition) is 2. The molecule has 3 aromatic carbocycles. The van der Waals surface area contributed by atoms with Crippen molar-refractivity contribution >= 4 is 71.5 Å². The Hall–Kier alpha value is -2.65. The third kappa shape index (κ3) is 4.67. The molecule has 1 heterocycles. The second-order valence-electron chi connectivity index (χ2n) is 6.67. The Morgan fingerprint density at radius 3 is 2.48 bits per heavy atom. The van der Waals surface area contributed by atoms with Crippen molar-refractivity contribution in [1.29, 1.82) is 0 Å². The maximum atomic E-state index is 12.9. The largest absolute Gasteiger partial charge is 0.298 e. The van der Waals surface area contributed by atoms with Crippen LogP contribution in [0.3, 0.4) is 0 Å². The molecule has 0 unspecified atom stereocenters. The lowest BCUT2D eigenvalue weighted by Crippen LogP contribution is -2.18. The summed E-state index contributed by atoms with van der Waals surface area (Å²) in [6.45, 7) is 1.87. The number of para-hydroxylation sites is 1. The Labute approximate surface area is 192 Å². The number of carbonyl (C=O) groups excluding carboxylic acids is 1. The normalized spacial score (nSPS) is 11.5. The lowest BCUT2D eigenvalue weighted by molar-refractivity contribution is 0.102. The van der Waals surface area contributed by atoms with Gasteiger partial charge in [-0.2, -0.15) is 0 Å². The zero-order valence-corrected chi connectivity index (χ0v) is 19.2. The van der Waals surface area contributed by atoms with Crippen molar-refractivity contribution in [2.24, 2.45) is 0 Å². The third-order valence-corrected chi connectivity index (χ3v) is 7.19. The van der Waals surface area contributed by atoms with Gasteiger partial charge in [0.25, 0.3) is 15.9 Å². The van der Waals surface area contributed by atoms with Crippen molar-refractivity contribution in [3.63, 3.8) is 0 Å². The summed E-state index contributed by atoms with van der Waals surface area (Å²) in [6, 6.07) is 16.1. The highest BCUT2D eigenvalue weighted by Gasteiger charge is 2.20. The number of amides is 1. The number of sulfonamides is 1. The maximum absolute atomic E-state index is 12.9. The molecule has 0 aliphatic heterocycles. The van der Waals surface area contributed by atoms with Crippen LogP contribution in [-0.2, 0) is 10.0 Å². The fraction of sp³-hybridized carbons (Fsp3) is 0.0476. The number of thiazole rings is 1. The van der Waals surface area contributed by atoms with Crippen LogP contribution in [0.2, 0.25) is 10.0 Å². The van der Waals surface area contributed by atoms with Crippen LogP contribution in [-0.4, -0.2) is 19.3 Å². The zero-order valence-electron chi connectivity index (χ0n) is 16.0. The molecule has 0 spiro atoms. The van der Waals surface area contributed by atoms with Crippen LogP contribution in [0.1, 0.15) is 15.9 Å². The first-order valence-electron chi connectivity index (χ1n) is 8.98. The maximum Gasteiger partial charge on any atom is 0.261 e. The van der Waals surface area contributed by atoms with E-state index >= 15 is 0 Å². The smallest absolute Gasteiger partial charge is 0.261 e. The van der Waals surface area contributed by atoms with Crippen molar-refractivity contribution in [3.05, 3.63) is 81.8 Å². The van der Waals surface area contributed by atoms with E-state index in [1.54, 1.807) is 36.4 Å². The minimum absolute atomic E-state index is 0.103. The van der Waals surface area contributed by atoms with E-state index in [0.717, 1.165) is 10.3 Å². The van der Waals surface area contributed by atoms with E-state index in [-0.39, 0.29) is 16.1 Å². The van der Waals surface area contributed by atoms with E-state index in [4.69, 9.17) is 23.2 Å². The first-order chi connectivity index (χ1) is 14.7. The molecule has 0 aliphatic carbocycles. The van der Waals surface area contributed by atoms with Crippen LogP contribution in [0.15, 0.2) is 65.6 Å². The standard InChI is InChI=1S/C21H15Cl2N3O3S2/c1-12-6-8-14(9-7-12)31(28,29)26-17-5-3-2-4-15(17)20(27)25-21-24-19-16(23)10-13(22)11-18(19)30-21/h2-11,26H,1H3,(H,24,25,27). The number of aromatic nitrogens is 1. The summed E-state index contributed by atoms with van der Waals surface area (Å²) in [5, 5.41) is 3.87. The van der Waals surface area contributed by atoms with Crippen molar-refractivity contribution < 1.29 is 13.2 Å². The van der Waals surface area contributed by atoms with Gasteiger partial charge in [0.15, 0.2) is 5.13 Å². The molecule has 31 heavy (non-hydrogen) atoms. The third-order valence-electron chi connectivity index (χ3n) is 4.38. The average Bonchev–Trinajstić information content (AvgIpc) is 3.11. The van der Waals surface area contributed by atoms with Gasteiger partial charge in [0, 0.05) is 5.02 Å². The molecule has 10 heteroatoms. The number of fused-ring (bicyclic) bond motifs is 1. The number of rotatable bonds is 5. The summed E-state index contributed by atoms with van der Waals surface area (Å²) in [5.74, 6) is -0.511. The Morgan fingerprint density at radius 1 is 1.03 bits per heavy atom. The molecule has 0 saturated carbocycles. The minimum Gasteiger partial charge on any atom is -0.298 e. The second kappa shape index (κ2) is 8.47. The SMILES string of the molecule is Cc1ccc(S(=O)(=O)Nc2ccccc2C(=O)Nc2nc3c(Cl)cc(Cl)cc3s2)cc1. The van der Waals surface area contributed by atoms with Gasteiger partial charge in [0.2, 0.25) is 0 Å². The highest BCUT2D eigenvalue weighted by molar-refractivity contribution is 7.92. The van der Waals surface area contributed by atoms with Crippen LogP contribution in [0.5, 0.6) is 0 Å². The molecule has 0 bridgehead atoms. The summed E-state index contributed by atoms with van der Waals surface area (Å²) >= 11 is 13.4. The molecule has 0 saturated heterocycles. The molecule has 0 atom stereocenters.